The zero-order chi connectivity index (χ0) is 21.0. The smallest absolute Gasteiger partial charge is 0.0991 e. The lowest BCUT2D eigenvalue weighted by atomic mass is 9.79. The highest BCUT2D eigenvalue weighted by atomic mass is 15.3. The van der Waals surface area contributed by atoms with Gasteiger partial charge in [0.05, 0.1) is 11.6 Å². The van der Waals surface area contributed by atoms with Crippen LogP contribution in [0.15, 0.2) is 84.9 Å². The molecule has 2 heterocycles. The molecule has 0 amide bonds. The van der Waals surface area contributed by atoms with E-state index in [0.29, 0.717) is 18.0 Å². The average molecular weight is 408 g/mol. The minimum atomic E-state index is 0.424. The van der Waals surface area contributed by atoms with Crippen molar-refractivity contribution in [1.82, 2.24) is 9.80 Å². The van der Waals surface area contributed by atoms with Gasteiger partial charge in [-0.1, -0.05) is 72.8 Å². The second-order valence-electron chi connectivity index (χ2n) is 8.87. The summed E-state index contributed by atoms with van der Waals surface area (Å²) >= 11 is 0. The Balaban J connectivity index is 1.33. The molecule has 1 unspecified atom stereocenters. The molecule has 3 heteroatoms. The number of hydrogen-bond donors (Lipinski definition) is 0. The maximum atomic E-state index is 9.04. The summed E-state index contributed by atoms with van der Waals surface area (Å²) in [4.78, 5) is 5.39. The van der Waals surface area contributed by atoms with Crippen LogP contribution in [0.2, 0.25) is 0 Å². The fourth-order valence-corrected chi connectivity index (χ4v) is 5.50. The molecule has 2 aliphatic heterocycles. The molecule has 3 nitrogen and oxygen atoms in total. The Morgan fingerprint density at radius 3 is 2.06 bits per heavy atom. The molecule has 3 aromatic carbocycles. The standard InChI is InChI=1S/C28H29N3/c29-19-22-11-13-23(14-12-22)20-30-17-18-31-21-26(30)15-16-27(31)28(24-7-3-1-4-8-24)25-9-5-2-6-10-25/h1-14,26-28H,15-18,20-21H2/t26-,27-/m1/s1. The van der Waals surface area contributed by atoms with Crippen LogP contribution in [0.4, 0.5) is 0 Å². The minimum Gasteiger partial charge on any atom is -0.297 e. The number of benzene rings is 3. The highest BCUT2D eigenvalue weighted by molar-refractivity contribution is 5.35. The molecule has 3 atom stereocenters. The van der Waals surface area contributed by atoms with E-state index in [-0.39, 0.29) is 0 Å². The van der Waals surface area contributed by atoms with E-state index in [4.69, 9.17) is 5.26 Å². The van der Waals surface area contributed by atoms with Gasteiger partial charge in [-0.3, -0.25) is 9.80 Å². The Hall–Kier alpha value is -2.93. The Bertz CT molecular complexity index is 984. The molecular weight excluding hydrogens is 378 g/mol. The van der Waals surface area contributed by atoms with Gasteiger partial charge < -0.3 is 0 Å². The predicted molar refractivity (Wildman–Crippen MR) is 125 cm³/mol. The van der Waals surface area contributed by atoms with Crippen molar-refractivity contribution in [2.24, 2.45) is 0 Å². The van der Waals surface area contributed by atoms with Gasteiger partial charge in [-0.25, -0.2) is 0 Å². The summed E-state index contributed by atoms with van der Waals surface area (Å²) < 4.78 is 0. The van der Waals surface area contributed by atoms with Gasteiger partial charge in [0.25, 0.3) is 0 Å². The van der Waals surface area contributed by atoms with Crippen molar-refractivity contribution in [3.8, 4) is 6.07 Å². The number of rotatable bonds is 5. The zero-order valence-electron chi connectivity index (χ0n) is 17.9. The van der Waals surface area contributed by atoms with E-state index in [1.54, 1.807) is 0 Å². The van der Waals surface area contributed by atoms with E-state index in [2.05, 4.69) is 88.7 Å². The Morgan fingerprint density at radius 1 is 0.806 bits per heavy atom. The Labute approximate surface area is 185 Å². The first-order valence-electron chi connectivity index (χ1n) is 11.4. The monoisotopic (exact) mass is 407 g/mol. The molecule has 0 aromatic heterocycles. The molecule has 5 rings (SSSR count). The zero-order valence-corrected chi connectivity index (χ0v) is 17.9. The third-order valence-corrected chi connectivity index (χ3v) is 7.07. The second kappa shape index (κ2) is 9.06. The van der Waals surface area contributed by atoms with Gasteiger partial charge in [0.2, 0.25) is 0 Å². The van der Waals surface area contributed by atoms with Gasteiger partial charge in [0.15, 0.2) is 0 Å². The summed E-state index contributed by atoms with van der Waals surface area (Å²) in [6.45, 7) is 4.36. The Morgan fingerprint density at radius 2 is 1.45 bits per heavy atom. The van der Waals surface area contributed by atoms with Crippen molar-refractivity contribution >= 4 is 0 Å². The van der Waals surface area contributed by atoms with Gasteiger partial charge in [0.1, 0.15) is 0 Å². The predicted octanol–water partition coefficient (Wildman–Crippen LogP) is 5.04. The summed E-state index contributed by atoms with van der Waals surface area (Å²) in [5.41, 5.74) is 4.90. The first-order valence-corrected chi connectivity index (χ1v) is 11.4. The number of nitriles is 1. The molecule has 2 saturated heterocycles. The summed E-state index contributed by atoms with van der Waals surface area (Å²) in [6.07, 6.45) is 2.47. The first kappa shape index (κ1) is 20.0. The quantitative estimate of drug-likeness (QED) is 0.594. The number of nitrogens with zero attached hydrogens (tertiary/aromatic N) is 3. The van der Waals surface area contributed by atoms with Crippen molar-refractivity contribution in [3.05, 3.63) is 107 Å². The van der Waals surface area contributed by atoms with E-state index in [0.717, 1.165) is 31.7 Å². The van der Waals surface area contributed by atoms with E-state index < -0.39 is 0 Å². The number of hydrogen-bond acceptors (Lipinski definition) is 3. The number of fused-ring (bicyclic) bond motifs is 2. The van der Waals surface area contributed by atoms with Gasteiger partial charge in [-0.2, -0.15) is 5.26 Å². The number of piperidine rings is 1. The van der Waals surface area contributed by atoms with Crippen molar-refractivity contribution in [3.63, 3.8) is 0 Å². The molecule has 0 radical (unpaired) electrons. The van der Waals surface area contributed by atoms with Gasteiger partial charge in [0, 0.05) is 44.2 Å². The molecule has 0 spiro atoms. The summed E-state index contributed by atoms with van der Waals surface area (Å²) in [7, 11) is 0. The average Bonchev–Trinajstić information content (AvgIpc) is 2.84. The van der Waals surface area contributed by atoms with Crippen molar-refractivity contribution in [1.29, 1.82) is 5.26 Å². The van der Waals surface area contributed by atoms with Crippen LogP contribution in [0, 0.1) is 11.3 Å². The summed E-state index contributed by atoms with van der Waals surface area (Å²) in [6, 6.07) is 33.6. The molecule has 2 fully saturated rings. The summed E-state index contributed by atoms with van der Waals surface area (Å²) in [5, 5.41) is 9.04. The molecule has 2 bridgehead atoms. The maximum absolute atomic E-state index is 9.04. The van der Waals surface area contributed by atoms with Crippen LogP contribution in [0.5, 0.6) is 0 Å². The molecule has 156 valence electrons. The molecule has 2 aliphatic rings. The molecule has 0 saturated carbocycles. The fourth-order valence-electron chi connectivity index (χ4n) is 5.50. The third kappa shape index (κ3) is 4.28. The third-order valence-electron chi connectivity index (χ3n) is 7.07. The van der Waals surface area contributed by atoms with Gasteiger partial charge >= 0.3 is 0 Å². The molecular formula is C28H29N3. The SMILES string of the molecule is N#Cc1ccc(CN2CCN3C[C@H]2CC[C@@H]3C(c2ccccc2)c2ccccc2)cc1. The van der Waals surface area contributed by atoms with E-state index in [9.17, 15) is 0 Å². The van der Waals surface area contributed by atoms with Crippen LogP contribution in [-0.4, -0.2) is 41.5 Å². The number of piperazine rings is 1. The van der Waals surface area contributed by atoms with Crippen LogP contribution in [-0.2, 0) is 6.54 Å². The summed E-state index contributed by atoms with van der Waals surface area (Å²) in [5.74, 6) is 0.424. The van der Waals surface area contributed by atoms with Crippen LogP contribution in [0.3, 0.4) is 0 Å². The van der Waals surface area contributed by atoms with Gasteiger partial charge in [-0.05, 0) is 41.7 Å². The topological polar surface area (TPSA) is 30.3 Å². The normalized spacial score (nSPS) is 23.4. The lowest BCUT2D eigenvalue weighted by Crippen LogP contribution is -2.60. The maximum Gasteiger partial charge on any atom is 0.0991 e. The Kier molecular flexibility index (Phi) is 5.84. The largest absolute Gasteiger partial charge is 0.297 e. The lowest BCUT2D eigenvalue weighted by molar-refractivity contribution is -0.00355. The van der Waals surface area contributed by atoms with E-state index >= 15 is 0 Å². The van der Waals surface area contributed by atoms with Crippen LogP contribution >= 0.6 is 0 Å². The molecule has 0 aliphatic carbocycles. The van der Waals surface area contributed by atoms with Crippen molar-refractivity contribution in [2.45, 2.75) is 37.4 Å². The van der Waals surface area contributed by atoms with E-state index in [1.807, 2.05) is 12.1 Å². The van der Waals surface area contributed by atoms with Crippen LogP contribution < -0.4 is 0 Å². The van der Waals surface area contributed by atoms with Crippen molar-refractivity contribution in [2.75, 3.05) is 19.6 Å². The minimum absolute atomic E-state index is 0.424. The van der Waals surface area contributed by atoms with Crippen LogP contribution in [0.1, 0.15) is 41.0 Å². The molecule has 0 N–H and O–H groups in total. The highest BCUT2D eigenvalue weighted by Crippen LogP contribution is 2.38. The van der Waals surface area contributed by atoms with Gasteiger partial charge in [-0.15, -0.1) is 0 Å². The lowest BCUT2D eigenvalue weighted by Gasteiger charge is -2.51. The van der Waals surface area contributed by atoms with Crippen LogP contribution in [0.25, 0.3) is 0 Å². The first-order chi connectivity index (χ1) is 15.3. The van der Waals surface area contributed by atoms with Crippen molar-refractivity contribution < 1.29 is 0 Å². The second-order valence-corrected chi connectivity index (χ2v) is 8.87. The highest BCUT2D eigenvalue weighted by Gasteiger charge is 2.39. The molecule has 3 aromatic rings. The van der Waals surface area contributed by atoms with E-state index in [1.165, 1.54) is 29.5 Å². The molecule has 31 heavy (non-hydrogen) atoms. The fraction of sp³-hybridized carbons (Fsp3) is 0.321.